The third-order valence-corrected chi connectivity index (χ3v) is 6.09. The molecule has 0 unspecified atom stereocenters. The molecule has 0 saturated carbocycles. The molecule has 0 saturated heterocycles. The Hall–Kier alpha value is -4.14. The molecule has 0 aliphatic carbocycles. The first-order chi connectivity index (χ1) is 17.0. The van der Waals surface area contributed by atoms with Crippen molar-refractivity contribution in [1.82, 2.24) is 5.32 Å². The Morgan fingerprint density at radius 1 is 1.17 bits per heavy atom. The van der Waals surface area contributed by atoms with Crippen molar-refractivity contribution in [3.63, 3.8) is 0 Å². The molecule has 0 bridgehead atoms. The number of fused-ring (bicyclic) bond motifs is 1. The Bertz CT molecular complexity index is 1240. The van der Waals surface area contributed by atoms with Crippen LogP contribution in [0.25, 0.3) is 10.1 Å². The van der Waals surface area contributed by atoms with Gasteiger partial charge in [-0.05, 0) is 47.5 Å². The van der Waals surface area contributed by atoms with Crippen molar-refractivity contribution in [2.24, 2.45) is 10.7 Å². The van der Waals surface area contributed by atoms with Crippen LogP contribution in [0.4, 0.5) is 5.69 Å². The van der Waals surface area contributed by atoms with Crippen LogP contribution >= 0.6 is 11.3 Å². The van der Waals surface area contributed by atoms with E-state index in [9.17, 15) is 4.79 Å². The van der Waals surface area contributed by atoms with Gasteiger partial charge in [0, 0.05) is 22.5 Å². The molecule has 2 aromatic carbocycles. The lowest BCUT2D eigenvalue weighted by atomic mass is 9.98. The summed E-state index contributed by atoms with van der Waals surface area (Å²) >= 11 is 1.51. The molecule has 1 heterocycles. The van der Waals surface area contributed by atoms with Crippen LogP contribution in [0.5, 0.6) is 0 Å². The zero-order chi connectivity index (χ0) is 25.6. The average molecular weight is 487 g/mol. The molecule has 8 heteroatoms. The van der Waals surface area contributed by atoms with Gasteiger partial charge in [-0.3, -0.25) is 15.2 Å². The fraction of sp³-hybridized carbons (Fsp3) is 0.111. The summed E-state index contributed by atoms with van der Waals surface area (Å²) in [5.74, 6) is 0.0722. The molecule has 0 amide bonds. The van der Waals surface area contributed by atoms with Crippen LogP contribution in [0.3, 0.4) is 0 Å². The Labute approximate surface area is 209 Å². The Balaban J connectivity index is 0.00000210. The molecule has 0 spiro atoms. The summed E-state index contributed by atoms with van der Waals surface area (Å²) in [6.07, 6.45) is 8.40. The molecule has 180 valence electrons. The van der Waals surface area contributed by atoms with Gasteiger partial charge in [0.1, 0.15) is 0 Å². The second-order valence-corrected chi connectivity index (χ2v) is 8.33. The van der Waals surface area contributed by atoms with E-state index in [2.05, 4.69) is 23.6 Å². The van der Waals surface area contributed by atoms with Crippen LogP contribution in [-0.4, -0.2) is 37.6 Å². The maximum atomic E-state index is 12.4. The van der Waals surface area contributed by atoms with E-state index in [4.69, 9.17) is 22.3 Å². The standard InChI is InChI=1S/C26H27N5OS.CH3N/c1-2-19(26(29)21-13-18(15-31-17-27)10-11-22(21)28)7-5-6-12-30-16-23(32)25-14-20-8-3-4-9-24(20)33-25;1-2/h2-11,13-14,17,29-30H,1,12,15-16,28H2,(H2,27,31);2H,1H2/b6-5-,19-7+,29-26?;. The predicted octanol–water partition coefficient (Wildman–Crippen LogP) is 4.75. The van der Waals surface area contributed by atoms with Crippen molar-refractivity contribution < 1.29 is 4.79 Å². The number of aliphatic imine (C=N–C) groups is 1. The summed E-state index contributed by atoms with van der Waals surface area (Å²) in [6, 6.07) is 15.4. The highest BCUT2D eigenvalue weighted by molar-refractivity contribution is 7.20. The van der Waals surface area contributed by atoms with E-state index >= 15 is 0 Å². The Morgan fingerprint density at radius 3 is 2.66 bits per heavy atom. The number of nitrogens with zero attached hydrogens (tertiary/aromatic N) is 1. The van der Waals surface area contributed by atoms with Crippen molar-refractivity contribution >= 4 is 51.7 Å². The number of allylic oxidation sites excluding steroid dienone is 4. The number of ketones is 1. The largest absolute Gasteiger partial charge is 0.398 e. The van der Waals surface area contributed by atoms with E-state index < -0.39 is 0 Å². The van der Waals surface area contributed by atoms with Crippen molar-refractivity contribution in [1.29, 1.82) is 10.8 Å². The van der Waals surface area contributed by atoms with Crippen LogP contribution in [0.2, 0.25) is 0 Å². The smallest absolute Gasteiger partial charge is 0.186 e. The zero-order valence-corrected chi connectivity index (χ0v) is 20.3. The number of carbonyl (C=O) groups excluding carboxylic acids is 1. The highest BCUT2D eigenvalue weighted by atomic mass is 32.1. The lowest BCUT2D eigenvalue weighted by Crippen LogP contribution is -2.22. The Morgan fingerprint density at radius 2 is 1.94 bits per heavy atom. The summed E-state index contributed by atoms with van der Waals surface area (Å²) in [7, 11) is 0. The van der Waals surface area contributed by atoms with Crippen molar-refractivity contribution in [2.75, 3.05) is 18.8 Å². The van der Waals surface area contributed by atoms with Gasteiger partial charge in [-0.1, -0.05) is 55.1 Å². The second-order valence-electron chi connectivity index (χ2n) is 7.24. The molecule has 35 heavy (non-hydrogen) atoms. The summed E-state index contributed by atoms with van der Waals surface area (Å²) in [5.41, 5.74) is 14.4. The fourth-order valence-electron chi connectivity index (χ4n) is 3.20. The number of hydrogen-bond donors (Lipinski definition) is 5. The SMILES string of the molecule is C=C/C(=C\C=C/CNCC(=O)c1cc2ccccc2s1)C(=N)c1cc(CN=CN)ccc1N.C=N. The number of carbonyl (C=O) groups is 1. The highest BCUT2D eigenvalue weighted by Gasteiger charge is 2.10. The van der Waals surface area contributed by atoms with Crippen molar-refractivity contribution in [3.05, 3.63) is 101 Å². The normalized spacial score (nSPS) is 11.5. The number of hydrogen-bond acceptors (Lipinski definition) is 7. The number of rotatable bonds is 11. The maximum absolute atomic E-state index is 12.4. The number of anilines is 1. The number of Topliss-reactive ketones (excluding diaryl/α,β-unsaturated/α-hetero) is 1. The molecule has 0 radical (unpaired) electrons. The number of nitrogens with two attached hydrogens (primary N) is 2. The molecule has 7 N–H and O–H groups in total. The molecule has 3 rings (SSSR count). The Kier molecular flexibility index (Phi) is 11.0. The molecule has 0 aliphatic rings. The van der Waals surface area contributed by atoms with Crippen LogP contribution in [0.15, 0.2) is 90.0 Å². The minimum atomic E-state index is 0.0722. The lowest BCUT2D eigenvalue weighted by Gasteiger charge is -2.10. The van der Waals surface area contributed by atoms with Gasteiger partial charge in [-0.2, -0.15) is 0 Å². The average Bonchev–Trinajstić information content (AvgIpc) is 3.33. The summed E-state index contributed by atoms with van der Waals surface area (Å²) in [5, 5.41) is 18.3. The number of thiophene rings is 1. The van der Waals surface area contributed by atoms with Crippen LogP contribution < -0.4 is 16.8 Å². The van der Waals surface area contributed by atoms with Gasteiger partial charge >= 0.3 is 0 Å². The second kappa shape index (κ2) is 14.2. The van der Waals surface area contributed by atoms with E-state index in [-0.39, 0.29) is 18.0 Å². The van der Waals surface area contributed by atoms with E-state index in [1.807, 2.05) is 54.6 Å². The van der Waals surface area contributed by atoms with Gasteiger partial charge in [0.15, 0.2) is 5.78 Å². The van der Waals surface area contributed by atoms with Gasteiger partial charge in [-0.25, -0.2) is 0 Å². The minimum absolute atomic E-state index is 0.0722. The summed E-state index contributed by atoms with van der Waals surface area (Å²) < 4.78 is 1.11. The molecule has 7 nitrogen and oxygen atoms in total. The number of benzene rings is 2. The number of nitrogen functional groups attached to an aromatic ring is 1. The van der Waals surface area contributed by atoms with Gasteiger partial charge in [-0.15, -0.1) is 11.3 Å². The first-order valence-corrected chi connectivity index (χ1v) is 11.6. The van der Waals surface area contributed by atoms with Gasteiger partial charge in [0.25, 0.3) is 0 Å². The quantitative estimate of drug-likeness (QED) is 0.0666. The van der Waals surface area contributed by atoms with Crippen LogP contribution in [0.1, 0.15) is 20.8 Å². The van der Waals surface area contributed by atoms with Gasteiger partial charge in [0.05, 0.1) is 30.0 Å². The number of nitrogens with one attached hydrogen (secondary N) is 3. The monoisotopic (exact) mass is 486 g/mol. The molecule has 0 fully saturated rings. The zero-order valence-electron chi connectivity index (χ0n) is 19.5. The summed E-state index contributed by atoms with van der Waals surface area (Å²) in [4.78, 5) is 17.2. The third kappa shape index (κ3) is 7.70. The molecular formula is C27H30N6OS. The highest BCUT2D eigenvalue weighted by Crippen LogP contribution is 2.25. The predicted molar refractivity (Wildman–Crippen MR) is 150 cm³/mol. The molecule has 3 aromatic rings. The first kappa shape index (κ1) is 27.1. The third-order valence-electron chi connectivity index (χ3n) is 4.93. The van der Waals surface area contributed by atoms with Crippen molar-refractivity contribution in [2.45, 2.75) is 6.54 Å². The lowest BCUT2D eigenvalue weighted by molar-refractivity contribution is 0.0996. The topological polar surface area (TPSA) is 141 Å². The first-order valence-electron chi connectivity index (χ1n) is 10.8. The van der Waals surface area contributed by atoms with E-state index in [0.717, 1.165) is 20.5 Å². The summed E-state index contributed by atoms with van der Waals surface area (Å²) in [6.45, 7) is 7.53. The van der Waals surface area contributed by atoms with Gasteiger partial charge in [0.2, 0.25) is 0 Å². The molecule has 1 aromatic heterocycles. The van der Waals surface area contributed by atoms with Crippen LogP contribution in [-0.2, 0) is 6.54 Å². The molecular weight excluding hydrogens is 456 g/mol. The minimum Gasteiger partial charge on any atom is -0.398 e. The molecule has 0 aliphatic heterocycles. The van der Waals surface area contributed by atoms with E-state index in [1.165, 1.54) is 17.7 Å². The van der Waals surface area contributed by atoms with Gasteiger partial charge < -0.3 is 22.2 Å². The van der Waals surface area contributed by atoms with E-state index in [0.29, 0.717) is 29.9 Å². The maximum Gasteiger partial charge on any atom is 0.186 e. The van der Waals surface area contributed by atoms with Crippen molar-refractivity contribution in [3.8, 4) is 0 Å². The van der Waals surface area contributed by atoms with E-state index in [1.54, 1.807) is 18.2 Å². The molecule has 0 atom stereocenters. The fourth-order valence-corrected chi connectivity index (χ4v) is 4.20. The van der Waals surface area contributed by atoms with Crippen LogP contribution in [0, 0.1) is 10.8 Å².